The fourth-order valence-electron chi connectivity index (χ4n) is 2.57. The fraction of sp³-hybridized carbons (Fsp3) is 1.00. The molecule has 2 N–H and O–H groups in total. The van der Waals surface area contributed by atoms with Crippen LogP contribution < -0.4 is 5.73 Å². The zero-order valence-electron chi connectivity index (χ0n) is 10.8. The van der Waals surface area contributed by atoms with Crippen molar-refractivity contribution in [2.24, 2.45) is 11.1 Å². The van der Waals surface area contributed by atoms with Gasteiger partial charge in [0, 0.05) is 12.6 Å². The quantitative estimate of drug-likeness (QED) is 0.726. The molecule has 2 nitrogen and oxygen atoms in total. The molecule has 90 valence electrons. The minimum atomic E-state index is 0.265. The van der Waals surface area contributed by atoms with Crippen molar-refractivity contribution in [3.8, 4) is 0 Å². The Morgan fingerprint density at radius 2 is 1.67 bits per heavy atom. The van der Waals surface area contributed by atoms with Gasteiger partial charge in [-0.25, -0.2) is 0 Å². The van der Waals surface area contributed by atoms with Gasteiger partial charge in [-0.15, -0.1) is 0 Å². The molecule has 0 saturated heterocycles. The van der Waals surface area contributed by atoms with Gasteiger partial charge in [-0.1, -0.05) is 39.5 Å². The monoisotopic (exact) mass is 212 g/mol. The van der Waals surface area contributed by atoms with E-state index in [1.807, 2.05) is 0 Å². The standard InChI is InChI=1S/C13H28N2/c1-13(2,10-14)11-15(3)12-8-6-4-5-7-9-12/h12H,4-11,14H2,1-3H3. The maximum Gasteiger partial charge on any atom is 0.00924 e. The molecule has 15 heavy (non-hydrogen) atoms. The smallest absolute Gasteiger partial charge is 0.00924 e. The summed E-state index contributed by atoms with van der Waals surface area (Å²) >= 11 is 0. The average molecular weight is 212 g/mol. The summed E-state index contributed by atoms with van der Waals surface area (Å²) in [4.78, 5) is 2.54. The molecule has 0 atom stereocenters. The highest BCUT2D eigenvalue weighted by Crippen LogP contribution is 2.23. The lowest BCUT2D eigenvalue weighted by molar-refractivity contribution is 0.152. The summed E-state index contributed by atoms with van der Waals surface area (Å²) in [7, 11) is 2.27. The van der Waals surface area contributed by atoms with Gasteiger partial charge < -0.3 is 10.6 Å². The van der Waals surface area contributed by atoms with E-state index < -0.39 is 0 Å². The van der Waals surface area contributed by atoms with Crippen molar-refractivity contribution >= 4 is 0 Å². The number of nitrogens with zero attached hydrogens (tertiary/aromatic N) is 1. The van der Waals surface area contributed by atoms with Crippen LogP contribution in [0.3, 0.4) is 0 Å². The Balaban J connectivity index is 2.40. The summed E-state index contributed by atoms with van der Waals surface area (Å²) < 4.78 is 0. The Labute approximate surface area is 95.2 Å². The van der Waals surface area contributed by atoms with Crippen LogP contribution in [-0.4, -0.2) is 31.1 Å². The van der Waals surface area contributed by atoms with Crippen LogP contribution in [0.25, 0.3) is 0 Å². The molecule has 0 bridgehead atoms. The summed E-state index contributed by atoms with van der Waals surface area (Å²) in [6.45, 7) is 6.44. The Morgan fingerprint density at radius 1 is 1.13 bits per heavy atom. The molecule has 1 rings (SSSR count). The van der Waals surface area contributed by atoms with E-state index in [0.29, 0.717) is 0 Å². The van der Waals surface area contributed by atoms with Crippen molar-refractivity contribution < 1.29 is 0 Å². The van der Waals surface area contributed by atoms with Gasteiger partial charge in [0.15, 0.2) is 0 Å². The summed E-state index contributed by atoms with van der Waals surface area (Å²) in [5.74, 6) is 0. The summed E-state index contributed by atoms with van der Waals surface area (Å²) in [6.07, 6.45) is 8.47. The van der Waals surface area contributed by atoms with Crippen molar-refractivity contribution in [1.82, 2.24) is 4.90 Å². The number of hydrogen-bond donors (Lipinski definition) is 1. The molecular weight excluding hydrogens is 184 g/mol. The van der Waals surface area contributed by atoms with Gasteiger partial charge in [0.1, 0.15) is 0 Å². The second-order valence-electron chi connectivity index (χ2n) is 5.93. The van der Waals surface area contributed by atoms with E-state index in [2.05, 4.69) is 25.8 Å². The van der Waals surface area contributed by atoms with Crippen LogP contribution in [0, 0.1) is 5.41 Å². The maximum absolute atomic E-state index is 5.79. The van der Waals surface area contributed by atoms with Gasteiger partial charge in [-0.05, 0) is 31.8 Å². The first kappa shape index (κ1) is 13.0. The van der Waals surface area contributed by atoms with Crippen molar-refractivity contribution in [2.45, 2.75) is 58.4 Å². The van der Waals surface area contributed by atoms with Gasteiger partial charge in [-0.3, -0.25) is 0 Å². The molecule has 1 aliphatic rings. The summed E-state index contributed by atoms with van der Waals surface area (Å²) in [5.41, 5.74) is 6.05. The number of hydrogen-bond acceptors (Lipinski definition) is 2. The lowest BCUT2D eigenvalue weighted by Gasteiger charge is -2.34. The molecule has 0 unspecified atom stereocenters. The number of rotatable bonds is 4. The molecule has 1 saturated carbocycles. The normalized spacial score (nSPS) is 20.6. The van der Waals surface area contributed by atoms with E-state index in [-0.39, 0.29) is 5.41 Å². The third-order valence-corrected chi connectivity index (χ3v) is 3.68. The molecule has 0 spiro atoms. The first-order chi connectivity index (χ1) is 7.05. The van der Waals surface area contributed by atoms with Crippen LogP contribution in [0.15, 0.2) is 0 Å². The first-order valence-corrected chi connectivity index (χ1v) is 6.45. The van der Waals surface area contributed by atoms with Crippen LogP contribution in [0.2, 0.25) is 0 Å². The zero-order valence-corrected chi connectivity index (χ0v) is 10.8. The third-order valence-electron chi connectivity index (χ3n) is 3.68. The van der Waals surface area contributed by atoms with E-state index in [1.165, 1.54) is 38.5 Å². The highest BCUT2D eigenvalue weighted by Gasteiger charge is 2.23. The largest absolute Gasteiger partial charge is 0.330 e. The van der Waals surface area contributed by atoms with Crippen molar-refractivity contribution in [3.05, 3.63) is 0 Å². The Hall–Kier alpha value is -0.0800. The SMILES string of the molecule is CN(CC(C)(C)CN)C1CCCCCC1. The van der Waals surface area contributed by atoms with Gasteiger partial charge in [0.25, 0.3) is 0 Å². The van der Waals surface area contributed by atoms with Gasteiger partial charge in [0.2, 0.25) is 0 Å². The zero-order chi connectivity index (χ0) is 11.3. The van der Waals surface area contributed by atoms with E-state index in [1.54, 1.807) is 0 Å². The summed E-state index contributed by atoms with van der Waals surface area (Å²) in [5, 5.41) is 0. The van der Waals surface area contributed by atoms with Crippen LogP contribution in [0.4, 0.5) is 0 Å². The van der Waals surface area contributed by atoms with Crippen LogP contribution in [0.5, 0.6) is 0 Å². The Bertz CT molecular complexity index is 169. The van der Waals surface area contributed by atoms with E-state index in [9.17, 15) is 0 Å². The molecule has 0 aromatic heterocycles. The first-order valence-electron chi connectivity index (χ1n) is 6.45. The Kier molecular flexibility index (Phi) is 5.07. The fourth-order valence-corrected chi connectivity index (χ4v) is 2.57. The molecule has 0 aliphatic heterocycles. The molecule has 0 amide bonds. The molecule has 1 aliphatic carbocycles. The highest BCUT2D eigenvalue weighted by molar-refractivity contribution is 4.79. The van der Waals surface area contributed by atoms with Gasteiger partial charge >= 0.3 is 0 Å². The third kappa shape index (κ3) is 4.52. The number of nitrogens with two attached hydrogens (primary N) is 1. The molecule has 1 fully saturated rings. The van der Waals surface area contributed by atoms with Crippen molar-refractivity contribution in [3.63, 3.8) is 0 Å². The molecule has 0 heterocycles. The van der Waals surface area contributed by atoms with E-state index in [4.69, 9.17) is 5.73 Å². The minimum Gasteiger partial charge on any atom is -0.330 e. The van der Waals surface area contributed by atoms with Crippen LogP contribution >= 0.6 is 0 Å². The highest BCUT2D eigenvalue weighted by atomic mass is 15.1. The topological polar surface area (TPSA) is 29.3 Å². The molecule has 0 aromatic rings. The van der Waals surface area contributed by atoms with Crippen LogP contribution in [-0.2, 0) is 0 Å². The van der Waals surface area contributed by atoms with E-state index in [0.717, 1.165) is 19.1 Å². The maximum atomic E-state index is 5.79. The lowest BCUT2D eigenvalue weighted by Crippen LogP contribution is -2.41. The molecular formula is C13H28N2. The van der Waals surface area contributed by atoms with Crippen LogP contribution in [0.1, 0.15) is 52.4 Å². The molecule has 2 heteroatoms. The predicted octanol–water partition coefficient (Wildman–Crippen LogP) is 2.63. The second-order valence-corrected chi connectivity index (χ2v) is 5.93. The van der Waals surface area contributed by atoms with Crippen molar-refractivity contribution in [2.75, 3.05) is 20.1 Å². The van der Waals surface area contributed by atoms with Gasteiger partial charge in [0.05, 0.1) is 0 Å². The van der Waals surface area contributed by atoms with E-state index >= 15 is 0 Å². The lowest BCUT2D eigenvalue weighted by atomic mass is 9.92. The second kappa shape index (κ2) is 5.86. The summed E-state index contributed by atoms with van der Waals surface area (Å²) in [6, 6.07) is 0.804. The predicted molar refractivity (Wildman–Crippen MR) is 67.0 cm³/mol. The average Bonchev–Trinajstić information content (AvgIpc) is 2.45. The van der Waals surface area contributed by atoms with Crippen molar-refractivity contribution in [1.29, 1.82) is 0 Å². The minimum absolute atomic E-state index is 0.265. The van der Waals surface area contributed by atoms with Gasteiger partial charge in [-0.2, -0.15) is 0 Å². The molecule has 0 aromatic carbocycles. The molecule has 0 radical (unpaired) electrons. The Morgan fingerprint density at radius 3 is 2.13 bits per heavy atom.